The number of benzene rings is 1. The highest BCUT2D eigenvalue weighted by molar-refractivity contribution is 8.00. The zero-order chi connectivity index (χ0) is 15.5. The summed E-state index contributed by atoms with van der Waals surface area (Å²) >= 11 is 1.55. The van der Waals surface area contributed by atoms with Crippen molar-refractivity contribution in [3.8, 4) is 0 Å². The summed E-state index contributed by atoms with van der Waals surface area (Å²) in [5.41, 5.74) is 0.930. The maximum Gasteiger partial charge on any atom is 0.330 e. The second-order valence-corrected chi connectivity index (χ2v) is 6.91. The molecule has 2 saturated heterocycles. The fraction of sp³-hybridized carbons (Fsp3) is 0.500. The van der Waals surface area contributed by atoms with Crippen LogP contribution in [0.5, 0.6) is 0 Å². The van der Waals surface area contributed by atoms with Gasteiger partial charge in [-0.15, -0.1) is 0 Å². The van der Waals surface area contributed by atoms with Crippen LogP contribution < -0.4 is 0 Å². The van der Waals surface area contributed by atoms with Crippen LogP contribution in [0.2, 0.25) is 0 Å². The number of β-lactam (4-membered cyclic amide) rings is 1. The molecule has 5 nitrogen and oxygen atoms in total. The van der Waals surface area contributed by atoms with E-state index in [1.807, 2.05) is 30.3 Å². The van der Waals surface area contributed by atoms with Crippen molar-refractivity contribution < 1.29 is 19.4 Å². The van der Waals surface area contributed by atoms with Gasteiger partial charge in [-0.2, -0.15) is 11.8 Å². The average Bonchev–Trinajstić information content (AvgIpc) is 2.83. The Kier molecular flexibility index (Phi) is 4.69. The fourth-order valence-electron chi connectivity index (χ4n) is 3.09. The smallest absolute Gasteiger partial charge is 0.330 e. The molecule has 2 aliphatic rings. The lowest BCUT2D eigenvalue weighted by Crippen LogP contribution is -2.55. The highest BCUT2D eigenvalue weighted by Crippen LogP contribution is 2.41. The van der Waals surface area contributed by atoms with E-state index >= 15 is 0 Å². The molecule has 3 rings (SSSR count). The van der Waals surface area contributed by atoms with Crippen LogP contribution in [0.25, 0.3) is 0 Å². The molecule has 0 radical (unpaired) electrons. The van der Waals surface area contributed by atoms with E-state index < -0.39 is 6.04 Å². The molecule has 0 bridgehead atoms. The molecule has 1 aromatic rings. The molecule has 0 saturated carbocycles. The number of rotatable bonds is 6. The maximum atomic E-state index is 12.4. The Bertz CT molecular complexity index is 550. The van der Waals surface area contributed by atoms with E-state index in [0.29, 0.717) is 12.2 Å². The lowest BCUT2D eigenvalue weighted by molar-refractivity contribution is -0.161. The van der Waals surface area contributed by atoms with Gasteiger partial charge in [0.2, 0.25) is 5.91 Å². The number of esters is 1. The Balaban J connectivity index is 1.64. The van der Waals surface area contributed by atoms with Crippen molar-refractivity contribution in [1.29, 1.82) is 0 Å². The summed E-state index contributed by atoms with van der Waals surface area (Å²) in [4.78, 5) is 25.9. The number of aliphatic hydroxyl groups excluding tert-OH is 1. The average molecular weight is 321 g/mol. The molecule has 1 aromatic carbocycles. The van der Waals surface area contributed by atoms with Gasteiger partial charge in [-0.1, -0.05) is 30.3 Å². The first-order valence-electron chi connectivity index (χ1n) is 7.45. The molecule has 3 atom stereocenters. The van der Waals surface area contributed by atoms with E-state index in [0.717, 1.165) is 12.0 Å². The third-order valence-electron chi connectivity index (χ3n) is 4.14. The van der Waals surface area contributed by atoms with Crippen LogP contribution in [0.4, 0.5) is 0 Å². The molecule has 2 aliphatic heterocycles. The molecule has 0 aromatic heterocycles. The van der Waals surface area contributed by atoms with Crippen LogP contribution in [0.3, 0.4) is 0 Å². The number of nitrogens with zero attached hydrogens (tertiary/aromatic N) is 1. The molecule has 0 aliphatic carbocycles. The zero-order valence-electron chi connectivity index (χ0n) is 12.2. The minimum absolute atomic E-state index is 0.0203. The molecule has 1 unspecified atom stereocenters. The molecule has 118 valence electrons. The molecular formula is C16H19NO4S. The summed E-state index contributed by atoms with van der Waals surface area (Å²) in [6.07, 6.45) is 1.33. The predicted octanol–water partition coefficient (Wildman–Crippen LogP) is 1.20. The monoisotopic (exact) mass is 321 g/mol. The van der Waals surface area contributed by atoms with Crippen LogP contribution in [0, 0.1) is 0 Å². The van der Waals surface area contributed by atoms with E-state index in [1.54, 1.807) is 16.7 Å². The largest absolute Gasteiger partial charge is 0.459 e. The fourth-order valence-corrected chi connectivity index (χ4v) is 4.29. The lowest BCUT2D eigenvalue weighted by Gasteiger charge is -2.37. The van der Waals surface area contributed by atoms with Gasteiger partial charge < -0.3 is 14.7 Å². The number of amides is 1. The number of fused-ring (bicyclic) bond motifs is 1. The summed E-state index contributed by atoms with van der Waals surface area (Å²) < 4.78 is 5.41. The van der Waals surface area contributed by atoms with Crippen molar-refractivity contribution in [3.63, 3.8) is 0 Å². The maximum absolute atomic E-state index is 12.4. The standard InChI is InChI=1S/C16H19NO4S/c18-6-7-22-13-8-12-9-14(19)17(12)15(13)16(20)21-10-11-4-2-1-3-5-11/h1-5,12-13,15,18H,6-10H2/t12?,13-,15+/m0/s1. The first-order chi connectivity index (χ1) is 10.7. The zero-order valence-corrected chi connectivity index (χ0v) is 13.0. The molecule has 22 heavy (non-hydrogen) atoms. The molecule has 1 amide bonds. The Labute approximate surface area is 133 Å². The number of thioether (sulfide) groups is 1. The van der Waals surface area contributed by atoms with Gasteiger partial charge in [0.25, 0.3) is 0 Å². The lowest BCUT2D eigenvalue weighted by atomic mass is 10.0. The van der Waals surface area contributed by atoms with Crippen LogP contribution in [0.15, 0.2) is 30.3 Å². The van der Waals surface area contributed by atoms with Crippen molar-refractivity contribution in [1.82, 2.24) is 4.90 Å². The molecule has 2 heterocycles. The third kappa shape index (κ3) is 2.98. The van der Waals surface area contributed by atoms with Gasteiger partial charge in [0.15, 0.2) is 0 Å². The highest BCUT2D eigenvalue weighted by Gasteiger charge is 2.54. The van der Waals surface area contributed by atoms with Crippen molar-refractivity contribution in [3.05, 3.63) is 35.9 Å². The second kappa shape index (κ2) is 6.71. The van der Waals surface area contributed by atoms with Crippen LogP contribution in [-0.4, -0.2) is 51.6 Å². The summed E-state index contributed by atoms with van der Waals surface area (Å²) in [5, 5.41) is 9.01. The predicted molar refractivity (Wildman–Crippen MR) is 83.2 cm³/mol. The Morgan fingerprint density at radius 2 is 2.14 bits per heavy atom. The molecule has 0 spiro atoms. The van der Waals surface area contributed by atoms with E-state index in [4.69, 9.17) is 9.84 Å². The molecule has 6 heteroatoms. The highest BCUT2D eigenvalue weighted by atomic mass is 32.2. The minimum Gasteiger partial charge on any atom is -0.459 e. The topological polar surface area (TPSA) is 66.8 Å². The number of aliphatic hydroxyl groups is 1. The van der Waals surface area contributed by atoms with E-state index in [9.17, 15) is 9.59 Å². The van der Waals surface area contributed by atoms with E-state index in [1.165, 1.54) is 0 Å². The van der Waals surface area contributed by atoms with Crippen LogP contribution >= 0.6 is 11.8 Å². The molecule has 1 N–H and O–H groups in total. The normalized spacial score (nSPS) is 26.5. The minimum atomic E-state index is -0.508. The number of carbonyl (C=O) groups excluding carboxylic acids is 2. The van der Waals surface area contributed by atoms with Gasteiger partial charge in [0.05, 0.1) is 6.61 Å². The van der Waals surface area contributed by atoms with Gasteiger partial charge in [-0.3, -0.25) is 4.79 Å². The van der Waals surface area contributed by atoms with Gasteiger partial charge >= 0.3 is 5.97 Å². The number of ether oxygens (including phenoxy) is 1. The molecule has 2 fully saturated rings. The number of hydrogen-bond acceptors (Lipinski definition) is 5. The first-order valence-corrected chi connectivity index (χ1v) is 8.49. The van der Waals surface area contributed by atoms with Crippen molar-refractivity contribution >= 4 is 23.6 Å². The van der Waals surface area contributed by atoms with Crippen molar-refractivity contribution in [2.75, 3.05) is 12.4 Å². The van der Waals surface area contributed by atoms with Crippen LogP contribution in [0.1, 0.15) is 18.4 Å². The van der Waals surface area contributed by atoms with Gasteiger partial charge in [-0.05, 0) is 12.0 Å². The summed E-state index contributed by atoms with van der Waals surface area (Å²) in [6, 6.07) is 9.16. The Morgan fingerprint density at radius 3 is 2.82 bits per heavy atom. The van der Waals surface area contributed by atoms with Crippen molar-refractivity contribution in [2.24, 2.45) is 0 Å². The Hall–Kier alpha value is -1.53. The van der Waals surface area contributed by atoms with Crippen molar-refractivity contribution in [2.45, 2.75) is 36.8 Å². The first kappa shape index (κ1) is 15.4. The third-order valence-corrected chi connectivity index (χ3v) is 5.43. The number of carbonyl (C=O) groups is 2. The van der Waals surface area contributed by atoms with Gasteiger partial charge in [0.1, 0.15) is 12.6 Å². The van der Waals surface area contributed by atoms with Gasteiger partial charge in [0, 0.05) is 23.5 Å². The quantitative estimate of drug-likeness (QED) is 0.630. The Morgan fingerprint density at radius 1 is 1.36 bits per heavy atom. The summed E-state index contributed by atoms with van der Waals surface area (Å²) in [5.74, 6) is 0.260. The molecular weight excluding hydrogens is 302 g/mol. The summed E-state index contributed by atoms with van der Waals surface area (Å²) in [7, 11) is 0. The van der Waals surface area contributed by atoms with E-state index in [2.05, 4.69) is 0 Å². The van der Waals surface area contributed by atoms with Crippen LogP contribution in [-0.2, 0) is 20.9 Å². The van der Waals surface area contributed by atoms with Gasteiger partial charge in [-0.25, -0.2) is 4.79 Å². The second-order valence-electron chi connectivity index (χ2n) is 5.57. The SMILES string of the molecule is O=C(OCc1ccccc1)[C@H]1[C@@H](SCCO)CC2CC(=O)N21. The summed E-state index contributed by atoms with van der Waals surface area (Å²) in [6.45, 7) is 0.297. The van der Waals surface area contributed by atoms with E-state index in [-0.39, 0.29) is 36.4 Å². The number of hydrogen-bond donors (Lipinski definition) is 1.